The number of aromatic nitrogens is 4. The molecule has 3 unspecified atom stereocenters. The lowest BCUT2D eigenvalue weighted by Gasteiger charge is -2.30. The predicted molar refractivity (Wildman–Crippen MR) is 224 cm³/mol. The molecule has 0 fully saturated rings. The van der Waals surface area contributed by atoms with Crippen LogP contribution in [0.25, 0.3) is 44.8 Å². The molecule has 3 atom stereocenters. The van der Waals surface area contributed by atoms with Crippen LogP contribution in [-0.4, -0.2) is 19.9 Å². The van der Waals surface area contributed by atoms with Gasteiger partial charge in [0.2, 0.25) is 0 Å². The van der Waals surface area contributed by atoms with Crippen molar-refractivity contribution in [3.8, 4) is 22.5 Å². The first kappa shape index (κ1) is 34.5. The van der Waals surface area contributed by atoms with Crippen LogP contribution in [0.4, 0.5) is 0 Å². The molecule has 0 N–H and O–H groups in total. The van der Waals surface area contributed by atoms with Gasteiger partial charge in [-0.2, -0.15) is 0 Å². The Labute approximate surface area is 321 Å². The van der Waals surface area contributed by atoms with Crippen LogP contribution < -0.4 is 0 Å². The fraction of sp³-hybridized carbons (Fsp3) is 0.320. The second-order valence-electron chi connectivity index (χ2n) is 15.7. The largest absolute Gasteiger partial charge is 0.252 e. The van der Waals surface area contributed by atoms with Gasteiger partial charge in [0.05, 0.1) is 5.69 Å². The Kier molecular flexibility index (Phi) is 10.2. The molecule has 0 radical (unpaired) electrons. The minimum absolute atomic E-state index is 0.144. The molecular weight excluding hydrogens is 657 g/mol. The second-order valence-corrected chi connectivity index (χ2v) is 15.7. The second kappa shape index (κ2) is 16.0. The summed E-state index contributed by atoms with van der Waals surface area (Å²) < 4.78 is 0. The highest BCUT2D eigenvalue weighted by atomic mass is 15.0. The molecule has 0 saturated heterocycles. The Morgan fingerprint density at radius 3 is 2.06 bits per heavy atom. The summed E-state index contributed by atoms with van der Waals surface area (Å²) in [5.41, 5.74) is 12.2. The van der Waals surface area contributed by atoms with E-state index >= 15 is 0 Å². The zero-order valence-corrected chi connectivity index (χ0v) is 31.3. The number of nitrogens with zero attached hydrogens (tertiary/aromatic N) is 4. The van der Waals surface area contributed by atoms with Crippen LogP contribution in [-0.2, 0) is 0 Å². The van der Waals surface area contributed by atoms with Gasteiger partial charge in [0, 0.05) is 22.7 Å². The fourth-order valence-electron chi connectivity index (χ4n) is 9.08. The van der Waals surface area contributed by atoms with Crippen LogP contribution in [0.1, 0.15) is 118 Å². The molecule has 0 amide bonds. The lowest BCUT2D eigenvalue weighted by atomic mass is 9.75. The van der Waals surface area contributed by atoms with Gasteiger partial charge in [-0.1, -0.05) is 121 Å². The highest BCUT2D eigenvalue weighted by molar-refractivity contribution is 5.80. The minimum atomic E-state index is 0.144. The van der Waals surface area contributed by atoms with Crippen LogP contribution in [0.15, 0.2) is 127 Å². The average molecular weight is 707 g/mol. The van der Waals surface area contributed by atoms with Crippen molar-refractivity contribution >= 4 is 22.3 Å². The normalized spacial score (nSPS) is 22.6. The molecule has 0 bridgehead atoms. The topological polar surface area (TPSA) is 51.6 Å². The Balaban J connectivity index is 1.04. The first-order chi connectivity index (χ1) is 26.7. The molecule has 2 aromatic carbocycles. The fourth-order valence-corrected chi connectivity index (χ4v) is 9.08. The van der Waals surface area contributed by atoms with Gasteiger partial charge in [0.25, 0.3) is 0 Å². The van der Waals surface area contributed by atoms with E-state index in [1.54, 1.807) is 0 Å². The van der Waals surface area contributed by atoms with Gasteiger partial charge in [0.15, 0.2) is 17.5 Å². The SMILES string of the molecule is C1=CCCC(c2nc(C3C=CC=C(c4nc(C5=CCC(C6CC=CCC6)CC5)nc(-c5ccc(-c6ccccc6)cc5)n4)C3)ccc2C2=CCCCC2)=C1. The van der Waals surface area contributed by atoms with Crippen LogP contribution >= 0.6 is 0 Å². The Morgan fingerprint density at radius 1 is 0.500 bits per heavy atom. The zero-order valence-electron chi connectivity index (χ0n) is 31.3. The van der Waals surface area contributed by atoms with Crippen LogP contribution in [0, 0.1) is 11.8 Å². The van der Waals surface area contributed by atoms with Gasteiger partial charge in [0.1, 0.15) is 0 Å². The van der Waals surface area contributed by atoms with E-state index < -0.39 is 0 Å². The van der Waals surface area contributed by atoms with E-state index in [1.165, 1.54) is 77.6 Å². The molecule has 5 aliphatic rings. The van der Waals surface area contributed by atoms with Gasteiger partial charge in [-0.3, -0.25) is 4.98 Å². The number of rotatable bonds is 8. The molecule has 4 aromatic rings. The van der Waals surface area contributed by atoms with Crippen molar-refractivity contribution in [3.63, 3.8) is 0 Å². The van der Waals surface area contributed by atoms with E-state index in [4.69, 9.17) is 19.9 Å². The Morgan fingerprint density at radius 2 is 1.30 bits per heavy atom. The number of benzene rings is 2. The minimum Gasteiger partial charge on any atom is -0.252 e. The van der Waals surface area contributed by atoms with Crippen molar-refractivity contribution in [2.75, 3.05) is 0 Å². The van der Waals surface area contributed by atoms with Crippen molar-refractivity contribution in [3.05, 3.63) is 156 Å². The van der Waals surface area contributed by atoms with Gasteiger partial charge in [-0.15, -0.1) is 0 Å². The molecule has 0 spiro atoms. The zero-order chi connectivity index (χ0) is 36.1. The molecule has 0 saturated carbocycles. The van der Waals surface area contributed by atoms with E-state index in [0.29, 0.717) is 0 Å². The summed E-state index contributed by atoms with van der Waals surface area (Å²) >= 11 is 0. The summed E-state index contributed by atoms with van der Waals surface area (Å²) in [5, 5.41) is 0. The van der Waals surface area contributed by atoms with E-state index in [1.807, 2.05) is 0 Å². The summed E-state index contributed by atoms with van der Waals surface area (Å²) in [6.07, 6.45) is 37.9. The first-order valence-electron chi connectivity index (χ1n) is 20.5. The number of hydrogen-bond donors (Lipinski definition) is 0. The maximum absolute atomic E-state index is 5.47. The third-order valence-electron chi connectivity index (χ3n) is 12.2. The summed E-state index contributed by atoms with van der Waals surface area (Å²) in [4.78, 5) is 21.1. The highest BCUT2D eigenvalue weighted by Crippen LogP contribution is 2.40. The molecule has 0 aliphatic heterocycles. The van der Waals surface area contributed by atoms with Crippen molar-refractivity contribution in [1.29, 1.82) is 0 Å². The third-order valence-corrected chi connectivity index (χ3v) is 12.2. The number of allylic oxidation sites excluding steroid dienone is 14. The van der Waals surface area contributed by atoms with Crippen molar-refractivity contribution in [1.82, 2.24) is 19.9 Å². The summed E-state index contributed by atoms with van der Waals surface area (Å²) in [5.74, 6) is 4.04. The molecule has 9 rings (SSSR count). The van der Waals surface area contributed by atoms with Gasteiger partial charge < -0.3 is 0 Å². The van der Waals surface area contributed by atoms with Gasteiger partial charge in [-0.25, -0.2) is 15.0 Å². The summed E-state index contributed by atoms with van der Waals surface area (Å²) in [7, 11) is 0. The first-order valence-corrected chi connectivity index (χ1v) is 20.5. The maximum Gasteiger partial charge on any atom is 0.164 e. The molecule has 2 aromatic heterocycles. The third kappa shape index (κ3) is 7.57. The molecule has 54 heavy (non-hydrogen) atoms. The number of hydrogen-bond acceptors (Lipinski definition) is 4. The van der Waals surface area contributed by atoms with E-state index in [9.17, 15) is 0 Å². The lowest BCUT2D eigenvalue weighted by Crippen LogP contribution is -2.19. The quantitative estimate of drug-likeness (QED) is 0.171. The maximum atomic E-state index is 5.47. The van der Waals surface area contributed by atoms with Crippen LogP contribution in [0.3, 0.4) is 0 Å². The van der Waals surface area contributed by atoms with E-state index in [0.717, 1.165) is 91.1 Å². The molecular formula is C50H50N4. The van der Waals surface area contributed by atoms with E-state index in [2.05, 4.69) is 127 Å². The van der Waals surface area contributed by atoms with Gasteiger partial charge in [-0.05, 0) is 135 Å². The van der Waals surface area contributed by atoms with Crippen molar-refractivity contribution < 1.29 is 0 Å². The molecule has 5 aliphatic carbocycles. The molecule has 2 heterocycles. The number of pyridine rings is 1. The Bertz CT molecular complexity index is 2210. The standard InChI is InChI=1S/C50H50N4/c1-5-14-35(15-6-1)37-24-28-41(29-25-37)48-52-49(42-30-26-38(27-31-42)36-16-7-2-8-17-36)54-50(53-48)44-23-13-22-43(34-44)46-33-32-45(39-18-9-3-10-19-39)47(51-46)40-20-11-4-12-21-40/h1-2,4-7,11,13-15,18,20,22-25,28-30,32-33,36,38,43H,3,8-10,12,16-17,19,21,26-27,31,34H2. The van der Waals surface area contributed by atoms with Crippen LogP contribution in [0.5, 0.6) is 0 Å². The van der Waals surface area contributed by atoms with Crippen molar-refractivity contribution in [2.45, 2.75) is 89.4 Å². The molecule has 4 nitrogen and oxygen atoms in total. The highest BCUT2D eigenvalue weighted by Gasteiger charge is 2.27. The summed E-state index contributed by atoms with van der Waals surface area (Å²) in [6, 6.07) is 23.9. The summed E-state index contributed by atoms with van der Waals surface area (Å²) in [6.45, 7) is 0. The van der Waals surface area contributed by atoms with E-state index in [-0.39, 0.29) is 5.92 Å². The lowest BCUT2D eigenvalue weighted by molar-refractivity contribution is 0.290. The monoisotopic (exact) mass is 706 g/mol. The molecule has 4 heteroatoms. The smallest absolute Gasteiger partial charge is 0.164 e. The van der Waals surface area contributed by atoms with Crippen molar-refractivity contribution in [2.24, 2.45) is 11.8 Å². The Hall–Kier alpha value is -5.22. The average Bonchev–Trinajstić information content (AvgIpc) is 3.27. The van der Waals surface area contributed by atoms with Gasteiger partial charge >= 0.3 is 0 Å². The molecule has 270 valence electrons. The van der Waals surface area contributed by atoms with Crippen LogP contribution in [0.2, 0.25) is 0 Å². The predicted octanol–water partition coefficient (Wildman–Crippen LogP) is 13.0.